The van der Waals surface area contributed by atoms with Crippen LogP contribution >= 0.6 is 45.8 Å². The molecule has 1 aromatic carbocycles. The molecule has 0 atom stereocenters. The van der Waals surface area contributed by atoms with Gasteiger partial charge in [-0.25, -0.2) is 0 Å². The summed E-state index contributed by atoms with van der Waals surface area (Å²) in [5.74, 6) is 0.862. The maximum atomic E-state index is 6.01. The molecule has 16 heavy (non-hydrogen) atoms. The fourth-order valence-electron chi connectivity index (χ4n) is 1.26. The van der Waals surface area contributed by atoms with E-state index in [1.807, 2.05) is 12.1 Å². The molecule has 2 rings (SSSR count). The van der Waals surface area contributed by atoms with E-state index < -0.39 is 0 Å². The Morgan fingerprint density at radius 1 is 1.19 bits per heavy atom. The first-order valence-corrected chi connectivity index (χ1v) is 6.42. The molecule has 2 aromatic rings. The van der Waals surface area contributed by atoms with Crippen molar-refractivity contribution in [1.29, 1.82) is 0 Å². The average Bonchev–Trinajstić information content (AvgIpc) is 2.66. The van der Waals surface area contributed by atoms with Crippen LogP contribution in [-0.2, 0) is 6.54 Å². The minimum absolute atomic E-state index is 0.586. The number of hydrogen-bond donors (Lipinski definition) is 1. The Labute approximate surface area is 117 Å². The van der Waals surface area contributed by atoms with Gasteiger partial charge in [-0.2, -0.15) is 0 Å². The highest BCUT2D eigenvalue weighted by molar-refractivity contribution is 14.1. The van der Waals surface area contributed by atoms with Crippen LogP contribution in [0.1, 0.15) is 5.76 Å². The van der Waals surface area contributed by atoms with E-state index in [1.165, 1.54) is 0 Å². The summed E-state index contributed by atoms with van der Waals surface area (Å²) < 4.78 is 6.29. The lowest BCUT2D eigenvalue weighted by atomic mass is 10.3. The van der Waals surface area contributed by atoms with E-state index >= 15 is 0 Å². The van der Waals surface area contributed by atoms with Crippen LogP contribution in [0.25, 0.3) is 0 Å². The quantitative estimate of drug-likeness (QED) is 0.788. The van der Waals surface area contributed by atoms with Crippen LogP contribution in [-0.4, -0.2) is 0 Å². The van der Waals surface area contributed by atoms with Gasteiger partial charge in [0.1, 0.15) is 5.76 Å². The fourth-order valence-corrected chi connectivity index (χ4v) is 2.08. The molecule has 0 saturated carbocycles. The zero-order chi connectivity index (χ0) is 11.5. The number of halogens is 3. The molecule has 5 heteroatoms. The summed E-state index contributed by atoms with van der Waals surface area (Å²) in [5, 5.41) is 4.47. The van der Waals surface area contributed by atoms with Gasteiger partial charge in [0, 0.05) is 5.02 Å². The molecule has 0 bridgehead atoms. The van der Waals surface area contributed by atoms with Gasteiger partial charge in [0.25, 0.3) is 0 Å². The van der Waals surface area contributed by atoms with E-state index in [-0.39, 0.29) is 0 Å². The standard InChI is InChI=1S/C11H8Cl2INO/c12-7-1-3-9(13)10(5-7)15-6-8-2-4-11(14)16-8/h1-5,15H,6H2. The molecular formula is C11H8Cl2INO. The van der Waals surface area contributed by atoms with E-state index in [0.29, 0.717) is 16.6 Å². The Bertz CT molecular complexity index is 498. The Balaban J connectivity index is 2.07. The van der Waals surface area contributed by atoms with Gasteiger partial charge in [-0.05, 0) is 52.9 Å². The van der Waals surface area contributed by atoms with E-state index in [4.69, 9.17) is 27.6 Å². The SMILES string of the molecule is Clc1ccc(Cl)c(NCc2ccc(I)o2)c1. The highest BCUT2D eigenvalue weighted by Crippen LogP contribution is 2.26. The molecule has 0 spiro atoms. The monoisotopic (exact) mass is 367 g/mol. The summed E-state index contributed by atoms with van der Waals surface area (Å²) in [4.78, 5) is 0. The summed E-state index contributed by atoms with van der Waals surface area (Å²) in [5.41, 5.74) is 0.806. The second-order valence-electron chi connectivity index (χ2n) is 3.18. The van der Waals surface area contributed by atoms with Crippen LogP contribution in [0.2, 0.25) is 10.0 Å². The Kier molecular flexibility index (Phi) is 4.00. The third kappa shape index (κ3) is 3.06. The normalized spacial score (nSPS) is 10.4. The van der Waals surface area contributed by atoms with Crippen molar-refractivity contribution in [3.63, 3.8) is 0 Å². The van der Waals surface area contributed by atoms with Crippen LogP contribution in [0.15, 0.2) is 34.7 Å². The number of benzene rings is 1. The largest absolute Gasteiger partial charge is 0.454 e. The van der Waals surface area contributed by atoms with E-state index in [0.717, 1.165) is 15.2 Å². The molecule has 0 amide bonds. The highest BCUT2D eigenvalue weighted by atomic mass is 127. The van der Waals surface area contributed by atoms with Crippen molar-refractivity contribution in [2.24, 2.45) is 0 Å². The van der Waals surface area contributed by atoms with Crippen molar-refractivity contribution < 1.29 is 4.42 Å². The fraction of sp³-hybridized carbons (Fsp3) is 0.0909. The second-order valence-corrected chi connectivity index (χ2v) is 5.09. The third-order valence-electron chi connectivity index (χ3n) is 2.01. The minimum atomic E-state index is 0.586. The van der Waals surface area contributed by atoms with Crippen LogP contribution in [0.3, 0.4) is 0 Å². The van der Waals surface area contributed by atoms with E-state index in [1.54, 1.807) is 18.2 Å². The van der Waals surface area contributed by atoms with Crippen molar-refractivity contribution in [1.82, 2.24) is 0 Å². The number of rotatable bonds is 3. The van der Waals surface area contributed by atoms with Crippen LogP contribution in [0, 0.1) is 3.77 Å². The maximum absolute atomic E-state index is 6.01. The lowest BCUT2D eigenvalue weighted by molar-refractivity contribution is 0.493. The molecule has 0 aliphatic heterocycles. The first kappa shape index (κ1) is 12.1. The highest BCUT2D eigenvalue weighted by Gasteiger charge is 2.03. The van der Waals surface area contributed by atoms with Gasteiger partial charge >= 0.3 is 0 Å². The molecule has 0 aliphatic carbocycles. The molecule has 2 nitrogen and oxygen atoms in total. The summed E-state index contributed by atoms with van der Waals surface area (Å²) in [7, 11) is 0. The van der Waals surface area contributed by atoms with Crippen LogP contribution in [0.5, 0.6) is 0 Å². The number of furan rings is 1. The van der Waals surface area contributed by atoms with Crippen molar-refractivity contribution in [2.75, 3.05) is 5.32 Å². The molecule has 84 valence electrons. The van der Waals surface area contributed by atoms with Gasteiger partial charge in [0.15, 0.2) is 3.77 Å². The Morgan fingerprint density at radius 3 is 2.69 bits per heavy atom. The molecule has 0 radical (unpaired) electrons. The predicted molar refractivity (Wildman–Crippen MR) is 75.2 cm³/mol. The molecule has 1 N–H and O–H groups in total. The predicted octanol–water partition coefficient (Wildman–Crippen LogP) is 4.80. The van der Waals surface area contributed by atoms with Crippen molar-refractivity contribution in [3.05, 3.63) is 49.9 Å². The molecule has 0 fully saturated rings. The topological polar surface area (TPSA) is 25.2 Å². The summed E-state index contributed by atoms with van der Waals surface area (Å²) in [6.45, 7) is 0.586. The van der Waals surface area contributed by atoms with Gasteiger partial charge in [0.05, 0.1) is 17.3 Å². The van der Waals surface area contributed by atoms with Gasteiger partial charge in [-0.15, -0.1) is 0 Å². The zero-order valence-corrected chi connectivity index (χ0v) is 11.8. The van der Waals surface area contributed by atoms with E-state index in [2.05, 4.69) is 27.9 Å². The second kappa shape index (κ2) is 5.29. The van der Waals surface area contributed by atoms with Gasteiger partial charge in [-0.3, -0.25) is 0 Å². The molecule has 1 aromatic heterocycles. The molecule has 1 heterocycles. The summed E-state index contributed by atoms with van der Waals surface area (Å²) >= 11 is 14.0. The third-order valence-corrected chi connectivity index (χ3v) is 3.15. The smallest absolute Gasteiger partial charge is 0.164 e. The van der Waals surface area contributed by atoms with Crippen LogP contribution in [0.4, 0.5) is 5.69 Å². The van der Waals surface area contributed by atoms with Crippen molar-refractivity contribution in [2.45, 2.75) is 6.54 Å². The Morgan fingerprint density at radius 2 is 2.00 bits per heavy atom. The summed E-state index contributed by atoms with van der Waals surface area (Å²) in [6, 6.07) is 9.14. The molecular weight excluding hydrogens is 360 g/mol. The van der Waals surface area contributed by atoms with Gasteiger partial charge in [-0.1, -0.05) is 23.2 Å². The van der Waals surface area contributed by atoms with Crippen molar-refractivity contribution >= 4 is 51.5 Å². The first-order chi connectivity index (χ1) is 7.65. The number of anilines is 1. The zero-order valence-electron chi connectivity index (χ0n) is 8.14. The number of nitrogens with one attached hydrogen (secondary N) is 1. The molecule has 0 aliphatic rings. The molecule has 0 saturated heterocycles. The maximum Gasteiger partial charge on any atom is 0.164 e. The lowest BCUT2D eigenvalue weighted by Crippen LogP contribution is -1.98. The van der Waals surface area contributed by atoms with Crippen LogP contribution < -0.4 is 5.32 Å². The van der Waals surface area contributed by atoms with E-state index in [9.17, 15) is 0 Å². The molecule has 0 unspecified atom stereocenters. The first-order valence-electron chi connectivity index (χ1n) is 4.58. The van der Waals surface area contributed by atoms with Crippen molar-refractivity contribution in [3.8, 4) is 0 Å². The Hall–Kier alpha value is -0.390. The van der Waals surface area contributed by atoms with Gasteiger partial charge < -0.3 is 9.73 Å². The summed E-state index contributed by atoms with van der Waals surface area (Å²) in [6.07, 6.45) is 0. The minimum Gasteiger partial charge on any atom is -0.454 e. The average molecular weight is 368 g/mol. The number of hydrogen-bond acceptors (Lipinski definition) is 2. The lowest BCUT2D eigenvalue weighted by Gasteiger charge is -2.06. The van der Waals surface area contributed by atoms with Gasteiger partial charge in [0.2, 0.25) is 0 Å².